The number of benzene rings is 3. The lowest BCUT2D eigenvalue weighted by molar-refractivity contribution is 0.602. The van der Waals surface area contributed by atoms with Crippen LogP contribution in [0.1, 0.15) is 10.4 Å². The third-order valence-corrected chi connectivity index (χ3v) is 7.74. The van der Waals surface area contributed by atoms with E-state index in [0.29, 0.717) is 4.90 Å². The Morgan fingerprint density at radius 3 is 2.09 bits per heavy atom. The number of hydrogen-bond donors (Lipinski definition) is 0. The van der Waals surface area contributed by atoms with Crippen molar-refractivity contribution in [1.29, 1.82) is 0 Å². The first-order chi connectivity index (χ1) is 16.9. The summed E-state index contributed by atoms with van der Waals surface area (Å²) in [6, 6.07) is 27.3. The van der Waals surface area contributed by atoms with Crippen LogP contribution >= 0.6 is 11.3 Å². The van der Waals surface area contributed by atoms with Crippen LogP contribution in [0.4, 0.5) is 0 Å². The molecule has 0 radical (unpaired) electrons. The first kappa shape index (κ1) is 23.0. The van der Waals surface area contributed by atoms with Crippen LogP contribution in [0.3, 0.4) is 0 Å². The Morgan fingerprint density at radius 1 is 0.829 bits per heavy atom. The molecule has 2 aromatic heterocycles. The molecule has 0 spiro atoms. The van der Waals surface area contributed by atoms with E-state index in [0.717, 1.165) is 43.8 Å². The summed E-state index contributed by atoms with van der Waals surface area (Å²) in [5.74, 6) is 0.810. The van der Waals surface area contributed by atoms with Crippen molar-refractivity contribution >= 4 is 33.3 Å². The van der Waals surface area contributed by atoms with Gasteiger partial charge in [0.25, 0.3) is 0 Å². The van der Waals surface area contributed by atoms with Gasteiger partial charge in [-0.1, -0.05) is 78.9 Å². The quantitative estimate of drug-likeness (QED) is 0.270. The van der Waals surface area contributed by atoms with E-state index in [1.54, 1.807) is 35.6 Å². The van der Waals surface area contributed by atoms with Gasteiger partial charge in [-0.15, -0.1) is 11.3 Å². The van der Waals surface area contributed by atoms with Crippen LogP contribution < -0.4 is 0 Å². The minimum absolute atomic E-state index is 0.313. The molecule has 174 valence electrons. The molecule has 2 heterocycles. The average molecular weight is 498 g/mol. The van der Waals surface area contributed by atoms with Gasteiger partial charge >= 0.3 is 0 Å². The van der Waals surface area contributed by atoms with Gasteiger partial charge in [-0.05, 0) is 23.8 Å². The summed E-state index contributed by atoms with van der Waals surface area (Å²) in [5.41, 5.74) is 5.05. The fourth-order valence-corrected chi connectivity index (χ4v) is 5.36. The van der Waals surface area contributed by atoms with Gasteiger partial charge in [0.05, 0.1) is 16.3 Å². The molecule has 0 aliphatic carbocycles. The molecule has 5 nitrogen and oxygen atoms in total. The van der Waals surface area contributed by atoms with Gasteiger partial charge in [-0.2, -0.15) is 0 Å². The second kappa shape index (κ2) is 9.44. The summed E-state index contributed by atoms with van der Waals surface area (Å²) < 4.78 is 25.4. The molecule has 0 unspecified atom stereocenters. The Morgan fingerprint density at radius 2 is 1.46 bits per heavy atom. The minimum atomic E-state index is -3.20. The van der Waals surface area contributed by atoms with Crippen LogP contribution in [-0.4, -0.2) is 29.2 Å². The molecular formula is C28H23N3O2S2. The number of hydrogen-bond acceptors (Lipinski definition) is 5. The number of rotatable bonds is 6. The third-order valence-electron chi connectivity index (χ3n) is 5.65. The van der Waals surface area contributed by atoms with Crippen LogP contribution in [0.2, 0.25) is 0 Å². The monoisotopic (exact) mass is 497 g/mol. The normalized spacial score (nSPS) is 11.8. The lowest BCUT2D eigenvalue weighted by Gasteiger charge is -2.07. The molecule has 0 fully saturated rings. The number of imidazole rings is 1. The predicted molar refractivity (Wildman–Crippen MR) is 144 cm³/mol. The number of nitrogens with zero attached hydrogens (tertiary/aromatic N) is 3. The zero-order chi connectivity index (χ0) is 24.4. The Hall–Kier alpha value is -3.81. The van der Waals surface area contributed by atoms with Crippen LogP contribution in [0.25, 0.3) is 45.5 Å². The minimum Gasteiger partial charge on any atom is -0.325 e. The van der Waals surface area contributed by atoms with Gasteiger partial charge in [0.1, 0.15) is 0 Å². The third kappa shape index (κ3) is 4.87. The van der Waals surface area contributed by atoms with Crippen molar-refractivity contribution in [2.24, 2.45) is 7.05 Å². The molecule has 0 atom stereocenters. The van der Waals surface area contributed by atoms with Crippen LogP contribution in [-0.2, 0) is 16.9 Å². The molecule has 0 aliphatic heterocycles. The summed E-state index contributed by atoms with van der Waals surface area (Å²) >= 11 is 1.56. The van der Waals surface area contributed by atoms with Gasteiger partial charge in [0.15, 0.2) is 20.7 Å². The lowest BCUT2D eigenvalue weighted by atomic mass is 10.1. The topological polar surface area (TPSA) is 64.8 Å². The van der Waals surface area contributed by atoms with E-state index in [4.69, 9.17) is 4.98 Å². The van der Waals surface area contributed by atoms with Gasteiger partial charge in [-0.3, -0.25) is 0 Å². The van der Waals surface area contributed by atoms with E-state index in [9.17, 15) is 8.42 Å². The van der Waals surface area contributed by atoms with Crippen molar-refractivity contribution in [3.63, 3.8) is 0 Å². The van der Waals surface area contributed by atoms with Crippen molar-refractivity contribution in [2.75, 3.05) is 6.26 Å². The van der Waals surface area contributed by atoms with E-state index >= 15 is 0 Å². The number of sulfone groups is 1. The van der Waals surface area contributed by atoms with E-state index in [2.05, 4.69) is 33.8 Å². The van der Waals surface area contributed by atoms with Crippen LogP contribution in [0.5, 0.6) is 0 Å². The SMILES string of the molecule is Cn1c(-c2ncc(/C=C/c3ccc(S(C)(=O)=O)cc3)s2)nc(-c2ccccc2)c1-c1ccccc1. The highest BCUT2D eigenvalue weighted by atomic mass is 32.2. The molecule has 0 saturated heterocycles. The molecule has 0 bridgehead atoms. The summed E-state index contributed by atoms with van der Waals surface area (Å²) in [7, 11) is -1.18. The smallest absolute Gasteiger partial charge is 0.175 e. The van der Waals surface area contributed by atoms with Crippen LogP contribution in [0.15, 0.2) is 96.0 Å². The summed E-state index contributed by atoms with van der Waals surface area (Å²) in [5, 5.41) is 0.832. The standard InChI is InChI=1S/C28H23N3O2S2/c1-31-26(22-11-7-4-8-12-22)25(21-9-5-3-6-10-21)30-27(31)28-29-19-23(34-28)16-13-20-14-17-24(18-15-20)35(2,32)33/h3-19H,1-2H3/b16-13+. The Balaban J connectivity index is 1.49. The number of aromatic nitrogens is 3. The van der Waals surface area contributed by atoms with E-state index < -0.39 is 9.84 Å². The molecule has 0 aliphatic rings. The highest BCUT2D eigenvalue weighted by Crippen LogP contribution is 2.36. The fourth-order valence-electron chi connectivity index (χ4n) is 3.89. The molecule has 5 rings (SSSR count). The van der Waals surface area contributed by atoms with E-state index in [1.165, 1.54) is 6.26 Å². The van der Waals surface area contributed by atoms with Crippen LogP contribution in [0, 0.1) is 0 Å². The second-order valence-electron chi connectivity index (χ2n) is 8.17. The lowest BCUT2D eigenvalue weighted by Crippen LogP contribution is -1.95. The van der Waals surface area contributed by atoms with E-state index in [1.807, 2.05) is 61.8 Å². The molecule has 0 amide bonds. The summed E-state index contributed by atoms with van der Waals surface area (Å²) in [6.07, 6.45) is 6.98. The summed E-state index contributed by atoms with van der Waals surface area (Å²) in [6.45, 7) is 0. The maximum atomic E-state index is 11.7. The zero-order valence-corrected chi connectivity index (χ0v) is 20.9. The van der Waals surface area contributed by atoms with Crippen molar-refractivity contribution in [3.05, 3.63) is 102 Å². The van der Waals surface area contributed by atoms with Gasteiger partial charge in [0, 0.05) is 35.5 Å². The fraction of sp³-hybridized carbons (Fsp3) is 0.0714. The molecule has 35 heavy (non-hydrogen) atoms. The first-order valence-electron chi connectivity index (χ1n) is 11.0. The molecular weight excluding hydrogens is 474 g/mol. The Kier molecular flexibility index (Phi) is 6.19. The van der Waals surface area contributed by atoms with Crippen molar-refractivity contribution in [2.45, 2.75) is 4.90 Å². The Labute approximate surface area is 209 Å². The molecule has 7 heteroatoms. The molecule has 3 aromatic carbocycles. The van der Waals surface area contributed by atoms with Gasteiger partial charge in [0.2, 0.25) is 0 Å². The van der Waals surface area contributed by atoms with Crippen molar-refractivity contribution < 1.29 is 8.42 Å². The molecule has 0 N–H and O–H groups in total. The molecule has 5 aromatic rings. The van der Waals surface area contributed by atoms with Gasteiger partial charge in [-0.25, -0.2) is 18.4 Å². The van der Waals surface area contributed by atoms with Crippen molar-refractivity contribution in [3.8, 4) is 33.3 Å². The maximum absolute atomic E-state index is 11.7. The highest BCUT2D eigenvalue weighted by Gasteiger charge is 2.20. The highest BCUT2D eigenvalue weighted by molar-refractivity contribution is 7.90. The second-order valence-corrected chi connectivity index (χ2v) is 11.2. The predicted octanol–water partition coefficient (Wildman–Crippen LogP) is 6.45. The Bertz CT molecular complexity index is 1600. The largest absolute Gasteiger partial charge is 0.325 e. The zero-order valence-electron chi connectivity index (χ0n) is 19.3. The molecule has 0 saturated carbocycles. The first-order valence-corrected chi connectivity index (χ1v) is 13.7. The maximum Gasteiger partial charge on any atom is 0.175 e. The van der Waals surface area contributed by atoms with Crippen molar-refractivity contribution in [1.82, 2.24) is 14.5 Å². The summed E-state index contributed by atoms with van der Waals surface area (Å²) in [4.78, 5) is 11.0. The van der Waals surface area contributed by atoms with E-state index in [-0.39, 0.29) is 0 Å². The van der Waals surface area contributed by atoms with Gasteiger partial charge < -0.3 is 4.57 Å². The average Bonchev–Trinajstić information content (AvgIpc) is 3.48. The number of thiazole rings is 1.